The van der Waals surface area contributed by atoms with Crippen molar-refractivity contribution in [2.75, 3.05) is 5.32 Å². The predicted molar refractivity (Wildman–Crippen MR) is 124 cm³/mol. The molecule has 0 radical (unpaired) electrons. The van der Waals surface area contributed by atoms with Crippen molar-refractivity contribution in [3.8, 4) is 11.1 Å². The van der Waals surface area contributed by atoms with Crippen molar-refractivity contribution in [2.24, 2.45) is 0 Å². The highest BCUT2D eigenvalue weighted by Crippen LogP contribution is 2.29. The normalized spacial score (nSPS) is 18.9. The van der Waals surface area contributed by atoms with E-state index in [0.717, 1.165) is 64.8 Å². The van der Waals surface area contributed by atoms with E-state index in [0.29, 0.717) is 18.0 Å². The van der Waals surface area contributed by atoms with Crippen molar-refractivity contribution in [1.29, 1.82) is 0 Å². The Labute approximate surface area is 181 Å². The van der Waals surface area contributed by atoms with Crippen LogP contribution < -0.4 is 10.6 Å². The molecule has 0 aliphatic heterocycles. The van der Waals surface area contributed by atoms with Crippen LogP contribution in [0.2, 0.25) is 0 Å². The van der Waals surface area contributed by atoms with E-state index in [1.54, 1.807) is 12.4 Å². The summed E-state index contributed by atoms with van der Waals surface area (Å²) in [5, 5.41) is 11.8. The molecule has 4 aromatic rings. The van der Waals surface area contributed by atoms with E-state index < -0.39 is 0 Å². The molecular weight excluding hydrogens is 386 g/mol. The van der Waals surface area contributed by atoms with Gasteiger partial charge in [-0.1, -0.05) is 12.6 Å². The molecule has 0 unspecified atom stereocenters. The molecule has 0 amide bonds. The Balaban J connectivity index is 1.38. The molecule has 1 aliphatic carbocycles. The van der Waals surface area contributed by atoms with Crippen LogP contribution >= 0.6 is 0 Å². The highest BCUT2D eigenvalue weighted by Gasteiger charge is 2.22. The van der Waals surface area contributed by atoms with Gasteiger partial charge in [0, 0.05) is 41.9 Å². The lowest BCUT2D eigenvalue weighted by molar-refractivity contribution is 0.372. The first-order chi connectivity index (χ1) is 15.1. The third kappa shape index (κ3) is 3.95. The quantitative estimate of drug-likeness (QED) is 0.502. The average Bonchev–Trinajstić information content (AvgIpc) is 3.19. The molecule has 0 bridgehead atoms. The van der Waals surface area contributed by atoms with Gasteiger partial charge >= 0.3 is 0 Å². The van der Waals surface area contributed by atoms with Crippen molar-refractivity contribution in [2.45, 2.75) is 51.6 Å². The van der Waals surface area contributed by atoms with E-state index in [2.05, 4.69) is 45.4 Å². The van der Waals surface area contributed by atoms with Gasteiger partial charge in [0.1, 0.15) is 0 Å². The van der Waals surface area contributed by atoms with Crippen molar-refractivity contribution in [3.63, 3.8) is 0 Å². The largest absolute Gasteiger partial charge is 0.386 e. The highest BCUT2D eigenvalue weighted by molar-refractivity contribution is 5.88. The first kappa shape index (κ1) is 19.5. The highest BCUT2D eigenvalue weighted by atomic mass is 15.3. The van der Waals surface area contributed by atoms with Crippen LogP contribution in [0.5, 0.6) is 0 Å². The summed E-state index contributed by atoms with van der Waals surface area (Å²) in [7, 11) is 0. The molecule has 158 valence electrons. The number of fused-ring (bicyclic) bond motifs is 2. The molecule has 0 atom stereocenters. The number of anilines is 1. The molecule has 0 saturated heterocycles. The number of nitrogens with zero attached hydrogens (tertiary/aromatic N) is 5. The Morgan fingerprint density at radius 3 is 2.55 bits per heavy atom. The minimum absolute atomic E-state index is 0.397. The van der Waals surface area contributed by atoms with Gasteiger partial charge in [-0.25, -0.2) is 9.50 Å². The molecule has 1 fully saturated rings. The summed E-state index contributed by atoms with van der Waals surface area (Å²) in [4.78, 5) is 13.6. The molecule has 0 spiro atoms. The molecule has 1 aromatic carbocycles. The lowest BCUT2D eigenvalue weighted by Crippen LogP contribution is -2.36. The fourth-order valence-corrected chi connectivity index (χ4v) is 4.54. The predicted octanol–water partition coefficient (Wildman–Crippen LogP) is 4.49. The molecule has 1 aliphatic rings. The number of hydrogen-bond donors (Lipinski definition) is 2. The van der Waals surface area contributed by atoms with E-state index in [-0.39, 0.29) is 0 Å². The van der Waals surface area contributed by atoms with E-state index in [4.69, 9.17) is 10.1 Å². The number of rotatable bonds is 5. The van der Waals surface area contributed by atoms with Gasteiger partial charge in [-0.15, -0.1) is 5.10 Å². The summed E-state index contributed by atoms with van der Waals surface area (Å²) < 4.78 is 1.93. The van der Waals surface area contributed by atoms with E-state index in [1.807, 2.05) is 30.6 Å². The summed E-state index contributed by atoms with van der Waals surface area (Å²) >= 11 is 0. The van der Waals surface area contributed by atoms with Gasteiger partial charge in [-0.3, -0.25) is 9.97 Å². The first-order valence-electron chi connectivity index (χ1n) is 10.8. The number of benzene rings is 1. The molecule has 1 saturated carbocycles. The lowest BCUT2D eigenvalue weighted by atomic mass is 9.91. The van der Waals surface area contributed by atoms with E-state index >= 15 is 0 Å². The Bertz CT molecular complexity index is 1250. The molecule has 7 heteroatoms. The number of aromatic nitrogens is 5. The molecule has 2 N–H and O–H groups in total. The minimum atomic E-state index is 0.397. The van der Waals surface area contributed by atoms with Gasteiger partial charge in [-0.2, -0.15) is 0 Å². The van der Waals surface area contributed by atoms with Gasteiger partial charge in [0.2, 0.25) is 5.95 Å². The van der Waals surface area contributed by atoms with Crippen LogP contribution in [0.4, 0.5) is 5.95 Å². The van der Waals surface area contributed by atoms with Gasteiger partial charge in [0.25, 0.3) is 0 Å². The maximum absolute atomic E-state index is 4.78. The Morgan fingerprint density at radius 2 is 1.77 bits per heavy atom. The Hall–Kier alpha value is -3.48. The SMILES string of the molecule is C=C(C)NC1CCC(Nc2nc(C)c3c(-c4ccc5nccnc5c4)ccn3n2)CC1. The molecule has 3 aromatic heterocycles. The average molecular weight is 414 g/mol. The standard InChI is InChI=1S/C24H27N7/c1-15(2)27-18-5-7-19(8-6-18)29-24-28-16(3)23-20(10-13-31(23)30-24)17-4-9-21-22(14-17)26-12-11-25-21/h4,9-14,18-19,27H,1,5-8H2,2-3H3,(H,29,30). The van der Waals surface area contributed by atoms with Crippen LogP contribution in [0.25, 0.3) is 27.7 Å². The van der Waals surface area contributed by atoms with Crippen LogP contribution in [0, 0.1) is 6.92 Å². The Morgan fingerprint density at radius 1 is 1.03 bits per heavy atom. The van der Waals surface area contributed by atoms with Gasteiger partial charge in [0.15, 0.2) is 0 Å². The van der Waals surface area contributed by atoms with Gasteiger partial charge in [0.05, 0.1) is 22.2 Å². The summed E-state index contributed by atoms with van der Waals surface area (Å²) in [5.41, 5.74) is 6.98. The number of nitrogens with one attached hydrogen (secondary N) is 2. The maximum atomic E-state index is 4.78. The van der Waals surface area contributed by atoms with Crippen LogP contribution in [0.15, 0.2) is 55.1 Å². The number of aryl methyl sites for hydroxylation is 1. The van der Waals surface area contributed by atoms with Crippen molar-refractivity contribution >= 4 is 22.5 Å². The van der Waals surface area contributed by atoms with Gasteiger partial charge in [-0.05, 0) is 63.3 Å². The van der Waals surface area contributed by atoms with E-state index in [1.165, 1.54) is 0 Å². The second kappa shape index (κ2) is 7.98. The smallest absolute Gasteiger partial charge is 0.241 e. The molecule has 7 nitrogen and oxygen atoms in total. The van der Waals surface area contributed by atoms with Crippen molar-refractivity contribution in [3.05, 3.63) is 60.8 Å². The van der Waals surface area contributed by atoms with Crippen LogP contribution in [0.1, 0.15) is 38.3 Å². The van der Waals surface area contributed by atoms with E-state index in [9.17, 15) is 0 Å². The van der Waals surface area contributed by atoms with Crippen molar-refractivity contribution in [1.82, 2.24) is 29.9 Å². The second-order valence-electron chi connectivity index (χ2n) is 8.42. The summed E-state index contributed by atoms with van der Waals surface area (Å²) in [6.07, 6.45) is 9.89. The third-order valence-corrected chi connectivity index (χ3v) is 5.98. The van der Waals surface area contributed by atoms with Crippen LogP contribution in [-0.4, -0.2) is 36.6 Å². The number of allylic oxidation sites excluding steroid dienone is 1. The minimum Gasteiger partial charge on any atom is -0.386 e. The fourth-order valence-electron chi connectivity index (χ4n) is 4.54. The van der Waals surface area contributed by atoms with Crippen molar-refractivity contribution < 1.29 is 0 Å². The zero-order valence-electron chi connectivity index (χ0n) is 18.0. The molecule has 3 heterocycles. The molecule has 31 heavy (non-hydrogen) atoms. The third-order valence-electron chi connectivity index (χ3n) is 5.98. The fraction of sp³-hybridized carbons (Fsp3) is 0.333. The molecule has 5 rings (SSSR count). The zero-order valence-corrected chi connectivity index (χ0v) is 18.0. The summed E-state index contributed by atoms with van der Waals surface area (Å²) in [6.45, 7) is 8.02. The lowest BCUT2D eigenvalue weighted by Gasteiger charge is -2.30. The topological polar surface area (TPSA) is 80.0 Å². The zero-order chi connectivity index (χ0) is 21.4. The summed E-state index contributed by atoms with van der Waals surface area (Å²) in [5.74, 6) is 0.688. The summed E-state index contributed by atoms with van der Waals surface area (Å²) in [6, 6.07) is 9.17. The molecular formula is C24H27N7. The Kier molecular flexibility index (Phi) is 5.02. The maximum Gasteiger partial charge on any atom is 0.241 e. The van der Waals surface area contributed by atoms with Crippen LogP contribution in [-0.2, 0) is 0 Å². The van der Waals surface area contributed by atoms with Gasteiger partial charge < -0.3 is 10.6 Å². The second-order valence-corrected chi connectivity index (χ2v) is 8.42. The monoisotopic (exact) mass is 413 g/mol. The van der Waals surface area contributed by atoms with Crippen LogP contribution in [0.3, 0.4) is 0 Å². The number of hydrogen-bond acceptors (Lipinski definition) is 6. The first-order valence-corrected chi connectivity index (χ1v) is 10.8.